The van der Waals surface area contributed by atoms with Crippen molar-refractivity contribution in [3.8, 4) is 5.75 Å². The van der Waals surface area contributed by atoms with Crippen molar-refractivity contribution >= 4 is 15.9 Å². The van der Waals surface area contributed by atoms with Gasteiger partial charge in [0, 0.05) is 6.04 Å². The summed E-state index contributed by atoms with van der Waals surface area (Å²) in [6.45, 7) is 7.22. The van der Waals surface area contributed by atoms with E-state index in [1.54, 1.807) is 0 Å². The molecule has 3 heteroatoms. The average Bonchev–Trinajstić information content (AvgIpc) is 2.27. The highest BCUT2D eigenvalue weighted by Crippen LogP contribution is 2.27. The molecule has 18 heavy (non-hydrogen) atoms. The molecular weight excluding hydrogens is 290 g/mol. The molecule has 0 aliphatic rings. The molecule has 2 N–H and O–H groups in total. The molecule has 0 aromatic heterocycles. The van der Waals surface area contributed by atoms with Crippen LogP contribution >= 0.6 is 15.9 Å². The van der Waals surface area contributed by atoms with Gasteiger partial charge in [0.25, 0.3) is 0 Å². The lowest BCUT2D eigenvalue weighted by Crippen LogP contribution is -2.17. The molecule has 1 rings (SSSR count). The quantitative estimate of drug-likeness (QED) is 0.820. The monoisotopic (exact) mass is 313 g/mol. The fourth-order valence-electron chi connectivity index (χ4n) is 1.97. The Morgan fingerprint density at radius 3 is 2.61 bits per heavy atom. The molecule has 1 aromatic rings. The van der Waals surface area contributed by atoms with Crippen LogP contribution in [0.15, 0.2) is 22.7 Å². The van der Waals surface area contributed by atoms with Gasteiger partial charge in [-0.3, -0.25) is 0 Å². The Kier molecular flexibility index (Phi) is 6.72. The summed E-state index contributed by atoms with van der Waals surface area (Å²) < 4.78 is 6.85. The number of hydrogen-bond donors (Lipinski definition) is 1. The minimum atomic E-state index is 0.188. The predicted octanol–water partition coefficient (Wildman–Crippen LogP) is 4.15. The second kappa shape index (κ2) is 7.80. The standard InChI is InChI=1S/C15H24BrNO/c1-4-5-11(2)10-18-15-7-6-13(8-12(3)17)9-14(15)16/h6-7,9,11-12H,4-5,8,10,17H2,1-3H3. The molecule has 0 fully saturated rings. The Balaban J connectivity index is 2.57. The minimum Gasteiger partial charge on any atom is -0.492 e. The Morgan fingerprint density at radius 1 is 1.33 bits per heavy atom. The van der Waals surface area contributed by atoms with Gasteiger partial charge in [-0.1, -0.05) is 26.3 Å². The minimum absolute atomic E-state index is 0.188. The Morgan fingerprint density at radius 2 is 2.06 bits per heavy atom. The molecule has 2 nitrogen and oxygen atoms in total. The first kappa shape index (κ1) is 15.5. The number of hydrogen-bond acceptors (Lipinski definition) is 2. The van der Waals surface area contributed by atoms with Crippen LogP contribution in [0.25, 0.3) is 0 Å². The van der Waals surface area contributed by atoms with Crippen LogP contribution in [0.1, 0.15) is 39.2 Å². The van der Waals surface area contributed by atoms with Gasteiger partial charge in [0.05, 0.1) is 11.1 Å². The lowest BCUT2D eigenvalue weighted by molar-refractivity contribution is 0.250. The lowest BCUT2D eigenvalue weighted by Gasteiger charge is -2.14. The molecule has 0 heterocycles. The molecule has 0 saturated heterocycles. The summed E-state index contributed by atoms with van der Waals surface area (Å²) >= 11 is 3.56. The summed E-state index contributed by atoms with van der Waals surface area (Å²) in [5, 5.41) is 0. The summed E-state index contributed by atoms with van der Waals surface area (Å²) in [5.41, 5.74) is 7.04. The normalized spacial score (nSPS) is 14.3. The highest BCUT2D eigenvalue weighted by Gasteiger charge is 2.07. The molecule has 2 unspecified atom stereocenters. The van der Waals surface area contributed by atoms with E-state index in [1.165, 1.54) is 18.4 Å². The van der Waals surface area contributed by atoms with E-state index in [0.717, 1.165) is 23.2 Å². The van der Waals surface area contributed by atoms with Gasteiger partial charge in [-0.25, -0.2) is 0 Å². The maximum Gasteiger partial charge on any atom is 0.133 e. The fraction of sp³-hybridized carbons (Fsp3) is 0.600. The van der Waals surface area contributed by atoms with E-state index in [0.29, 0.717) is 5.92 Å². The zero-order valence-electron chi connectivity index (χ0n) is 11.6. The van der Waals surface area contributed by atoms with Gasteiger partial charge in [-0.05, 0) is 59.3 Å². The van der Waals surface area contributed by atoms with Crippen molar-refractivity contribution in [3.05, 3.63) is 28.2 Å². The summed E-state index contributed by atoms with van der Waals surface area (Å²) in [4.78, 5) is 0. The van der Waals surface area contributed by atoms with Crippen molar-refractivity contribution in [2.75, 3.05) is 6.61 Å². The van der Waals surface area contributed by atoms with Crippen LogP contribution in [0.5, 0.6) is 5.75 Å². The summed E-state index contributed by atoms with van der Waals surface area (Å²) in [5.74, 6) is 1.53. The molecule has 0 aliphatic carbocycles. The van der Waals surface area contributed by atoms with Crippen molar-refractivity contribution in [2.45, 2.75) is 46.1 Å². The van der Waals surface area contributed by atoms with Crippen LogP contribution in [-0.4, -0.2) is 12.6 Å². The van der Waals surface area contributed by atoms with Crippen LogP contribution < -0.4 is 10.5 Å². The second-order valence-electron chi connectivity index (χ2n) is 5.15. The van der Waals surface area contributed by atoms with Crippen LogP contribution in [0.4, 0.5) is 0 Å². The van der Waals surface area contributed by atoms with Gasteiger partial charge in [0.2, 0.25) is 0 Å². The molecule has 102 valence electrons. The van der Waals surface area contributed by atoms with Crippen LogP contribution in [0.2, 0.25) is 0 Å². The van der Waals surface area contributed by atoms with Crippen LogP contribution in [0, 0.1) is 5.92 Å². The maximum absolute atomic E-state index is 5.83. The maximum atomic E-state index is 5.83. The van der Waals surface area contributed by atoms with Crippen LogP contribution in [0.3, 0.4) is 0 Å². The zero-order chi connectivity index (χ0) is 13.5. The van der Waals surface area contributed by atoms with E-state index < -0.39 is 0 Å². The second-order valence-corrected chi connectivity index (χ2v) is 6.01. The molecule has 0 spiro atoms. The molecular formula is C15H24BrNO. The molecule has 0 amide bonds. The summed E-state index contributed by atoms with van der Waals surface area (Å²) in [6, 6.07) is 6.41. The number of nitrogens with two attached hydrogens (primary N) is 1. The van der Waals surface area contributed by atoms with Gasteiger partial charge < -0.3 is 10.5 Å². The van der Waals surface area contributed by atoms with Crippen molar-refractivity contribution in [2.24, 2.45) is 11.7 Å². The fourth-order valence-corrected chi connectivity index (χ4v) is 2.51. The molecule has 0 bridgehead atoms. The third kappa shape index (κ3) is 5.40. The highest BCUT2D eigenvalue weighted by atomic mass is 79.9. The Labute approximate surface area is 119 Å². The van der Waals surface area contributed by atoms with Gasteiger partial charge in [0.1, 0.15) is 5.75 Å². The van der Waals surface area contributed by atoms with Gasteiger partial charge in [-0.15, -0.1) is 0 Å². The van der Waals surface area contributed by atoms with E-state index in [9.17, 15) is 0 Å². The number of ether oxygens (including phenoxy) is 1. The zero-order valence-corrected chi connectivity index (χ0v) is 13.2. The highest BCUT2D eigenvalue weighted by molar-refractivity contribution is 9.10. The molecule has 0 radical (unpaired) electrons. The average molecular weight is 314 g/mol. The van der Waals surface area contributed by atoms with E-state index >= 15 is 0 Å². The largest absolute Gasteiger partial charge is 0.492 e. The summed E-state index contributed by atoms with van der Waals surface area (Å²) in [7, 11) is 0. The molecule has 2 atom stereocenters. The Bertz CT molecular complexity index is 366. The first-order valence-corrected chi connectivity index (χ1v) is 7.49. The number of halogens is 1. The van der Waals surface area contributed by atoms with E-state index in [4.69, 9.17) is 10.5 Å². The van der Waals surface area contributed by atoms with Crippen molar-refractivity contribution < 1.29 is 4.74 Å². The smallest absolute Gasteiger partial charge is 0.133 e. The van der Waals surface area contributed by atoms with E-state index in [-0.39, 0.29) is 6.04 Å². The van der Waals surface area contributed by atoms with Crippen molar-refractivity contribution in [3.63, 3.8) is 0 Å². The SMILES string of the molecule is CCCC(C)COc1ccc(CC(C)N)cc1Br. The van der Waals surface area contributed by atoms with Crippen molar-refractivity contribution in [1.82, 2.24) is 0 Å². The molecule has 0 aliphatic heterocycles. The van der Waals surface area contributed by atoms with Crippen LogP contribution in [-0.2, 0) is 6.42 Å². The molecule has 1 aromatic carbocycles. The number of benzene rings is 1. The van der Waals surface area contributed by atoms with Gasteiger partial charge >= 0.3 is 0 Å². The summed E-state index contributed by atoms with van der Waals surface area (Å²) in [6.07, 6.45) is 3.31. The number of rotatable bonds is 7. The lowest BCUT2D eigenvalue weighted by atomic mass is 10.1. The van der Waals surface area contributed by atoms with E-state index in [1.807, 2.05) is 13.0 Å². The van der Waals surface area contributed by atoms with Gasteiger partial charge in [-0.2, -0.15) is 0 Å². The van der Waals surface area contributed by atoms with Crippen molar-refractivity contribution in [1.29, 1.82) is 0 Å². The third-order valence-corrected chi connectivity index (χ3v) is 3.48. The van der Waals surface area contributed by atoms with Gasteiger partial charge in [0.15, 0.2) is 0 Å². The Hall–Kier alpha value is -0.540. The van der Waals surface area contributed by atoms with E-state index in [2.05, 4.69) is 41.9 Å². The third-order valence-electron chi connectivity index (χ3n) is 2.86. The molecule has 0 saturated carbocycles. The predicted molar refractivity (Wildman–Crippen MR) is 81.1 cm³/mol. The first-order valence-electron chi connectivity index (χ1n) is 6.69. The topological polar surface area (TPSA) is 35.2 Å². The first-order chi connectivity index (χ1) is 8.52.